The Bertz CT molecular complexity index is 864. The molecule has 2 aromatic carbocycles. The molecule has 2 N–H and O–H groups in total. The van der Waals surface area contributed by atoms with Crippen LogP contribution in [0.5, 0.6) is 11.5 Å². The van der Waals surface area contributed by atoms with Crippen molar-refractivity contribution in [2.45, 2.75) is 50.6 Å². The maximum absolute atomic E-state index is 12.6. The summed E-state index contributed by atoms with van der Waals surface area (Å²) in [7, 11) is 3.27. The van der Waals surface area contributed by atoms with Crippen molar-refractivity contribution < 1.29 is 19.1 Å². The number of carbonyl (C=O) groups excluding carboxylic acids is 2. The lowest BCUT2D eigenvalue weighted by Gasteiger charge is -2.29. The Hall–Kier alpha value is -3.02. The first-order valence-electron chi connectivity index (χ1n) is 10.3. The Morgan fingerprint density at radius 1 is 1.07 bits per heavy atom. The molecule has 30 heavy (non-hydrogen) atoms. The van der Waals surface area contributed by atoms with Crippen molar-refractivity contribution in [1.29, 1.82) is 0 Å². The van der Waals surface area contributed by atoms with Gasteiger partial charge in [-0.1, -0.05) is 24.3 Å². The van der Waals surface area contributed by atoms with Crippen molar-refractivity contribution in [3.63, 3.8) is 0 Å². The van der Waals surface area contributed by atoms with Gasteiger partial charge in [0.2, 0.25) is 11.8 Å². The average Bonchev–Trinajstić information content (AvgIpc) is 3.13. The number of hydrogen-bond donors (Lipinski definition) is 2. The molecule has 0 aromatic heterocycles. The van der Waals surface area contributed by atoms with Gasteiger partial charge in [-0.15, -0.1) is 0 Å². The van der Waals surface area contributed by atoms with E-state index in [4.69, 9.17) is 9.47 Å². The third-order valence-corrected chi connectivity index (χ3v) is 5.76. The zero-order valence-electron chi connectivity index (χ0n) is 17.9. The molecule has 1 aliphatic heterocycles. The van der Waals surface area contributed by atoms with E-state index in [1.807, 2.05) is 55.5 Å². The van der Waals surface area contributed by atoms with E-state index >= 15 is 0 Å². The van der Waals surface area contributed by atoms with Gasteiger partial charge in [0.25, 0.3) is 0 Å². The summed E-state index contributed by atoms with van der Waals surface area (Å²) in [5.41, 5.74) is 1.75. The maximum Gasteiger partial charge on any atom is 0.220 e. The molecule has 1 fully saturated rings. The zero-order valence-corrected chi connectivity index (χ0v) is 17.9. The van der Waals surface area contributed by atoms with Crippen LogP contribution in [0.3, 0.4) is 0 Å². The minimum atomic E-state index is -0.383. The van der Waals surface area contributed by atoms with Gasteiger partial charge in [0.15, 0.2) is 0 Å². The van der Waals surface area contributed by atoms with Crippen molar-refractivity contribution in [3.05, 3.63) is 59.7 Å². The molecule has 1 saturated heterocycles. The second-order valence-corrected chi connectivity index (χ2v) is 7.92. The molecule has 1 heterocycles. The third kappa shape index (κ3) is 5.53. The van der Waals surface area contributed by atoms with Gasteiger partial charge in [0.05, 0.1) is 20.3 Å². The van der Waals surface area contributed by atoms with E-state index in [9.17, 15) is 9.59 Å². The summed E-state index contributed by atoms with van der Waals surface area (Å²) in [6, 6.07) is 15.4. The number of nitrogens with one attached hydrogen (secondary N) is 2. The monoisotopic (exact) mass is 410 g/mol. The van der Waals surface area contributed by atoms with Crippen LogP contribution in [0, 0.1) is 0 Å². The molecule has 2 aromatic rings. The fourth-order valence-corrected chi connectivity index (χ4v) is 3.96. The summed E-state index contributed by atoms with van der Waals surface area (Å²) in [5, 5.41) is 6.19. The summed E-state index contributed by atoms with van der Waals surface area (Å²) < 4.78 is 10.4. The second kappa shape index (κ2) is 9.65. The Balaban J connectivity index is 1.59. The first-order valence-corrected chi connectivity index (χ1v) is 10.3. The summed E-state index contributed by atoms with van der Waals surface area (Å²) >= 11 is 0. The molecule has 1 aliphatic rings. The van der Waals surface area contributed by atoms with Crippen molar-refractivity contribution in [1.82, 2.24) is 10.6 Å². The van der Waals surface area contributed by atoms with Gasteiger partial charge in [0, 0.05) is 18.4 Å². The van der Waals surface area contributed by atoms with Gasteiger partial charge in [-0.2, -0.15) is 0 Å². The first-order chi connectivity index (χ1) is 14.4. The van der Waals surface area contributed by atoms with Crippen LogP contribution >= 0.6 is 0 Å². The fraction of sp³-hybridized carbons (Fsp3) is 0.417. The largest absolute Gasteiger partial charge is 0.497 e. The van der Waals surface area contributed by atoms with Crippen molar-refractivity contribution in [2.24, 2.45) is 0 Å². The molecule has 2 amide bonds. The predicted octanol–water partition coefficient (Wildman–Crippen LogP) is 3.55. The van der Waals surface area contributed by atoms with E-state index in [0.29, 0.717) is 25.7 Å². The Kier molecular flexibility index (Phi) is 6.98. The molecule has 6 heteroatoms. The molecule has 0 saturated carbocycles. The lowest BCUT2D eigenvalue weighted by Crippen LogP contribution is -2.44. The third-order valence-electron chi connectivity index (χ3n) is 5.76. The van der Waals surface area contributed by atoms with Gasteiger partial charge in [0.1, 0.15) is 11.5 Å². The molecule has 0 spiro atoms. The number of hydrogen-bond acceptors (Lipinski definition) is 4. The van der Waals surface area contributed by atoms with Crippen LogP contribution in [0.4, 0.5) is 0 Å². The summed E-state index contributed by atoms with van der Waals surface area (Å²) in [6.45, 7) is 1.96. The molecule has 0 aliphatic carbocycles. The smallest absolute Gasteiger partial charge is 0.220 e. The van der Waals surface area contributed by atoms with Crippen LogP contribution in [0.25, 0.3) is 0 Å². The highest BCUT2D eigenvalue weighted by Crippen LogP contribution is 2.30. The van der Waals surface area contributed by atoms with Crippen LogP contribution in [0.2, 0.25) is 0 Å². The molecule has 2 atom stereocenters. The van der Waals surface area contributed by atoms with Crippen LogP contribution in [-0.4, -0.2) is 31.6 Å². The predicted molar refractivity (Wildman–Crippen MR) is 116 cm³/mol. The van der Waals surface area contributed by atoms with Gasteiger partial charge in [-0.3, -0.25) is 9.59 Å². The second-order valence-electron chi connectivity index (χ2n) is 7.92. The average molecular weight is 411 g/mol. The lowest BCUT2D eigenvalue weighted by atomic mass is 9.85. The number of methoxy groups -OCH3 is 2. The van der Waals surface area contributed by atoms with Gasteiger partial charge in [-0.05, 0) is 61.6 Å². The Morgan fingerprint density at radius 2 is 1.67 bits per heavy atom. The van der Waals surface area contributed by atoms with Gasteiger partial charge >= 0.3 is 0 Å². The number of benzene rings is 2. The summed E-state index contributed by atoms with van der Waals surface area (Å²) in [4.78, 5) is 24.6. The molecular weight excluding hydrogens is 380 g/mol. The number of ether oxygens (including phenoxy) is 2. The minimum absolute atomic E-state index is 0.0198. The molecule has 3 rings (SSSR count). The summed E-state index contributed by atoms with van der Waals surface area (Å²) in [6.07, 6.45) is 2.89. The zero-order chi connectivity index (χ0) is 21.6. The van der Waals surface area contributed by atoms with Crippen molar-refractivity contribution in [2.75, 3.05) is 14.2 Å². The number of carbonyl (C=O) groups is 2. The highest BCUT2D eigenvalue weighted by atomic mass is 16.5. The van der Waals surface area contributed by atoms with Crippen LogP contribution < -0.4 is 20.1 Å². The van der Waals surface area contributed by atoms with E-state index in [2.05, 4.69) is 10.6 Å². The molecule has 0 bridgehead atoms. The fourth-order valence-electron chi connectivity index (χ4n) is 3.96. The van der Waals surface area contributed by atoms with E-state index in [1.165, 1.54) is 0 Å². The van der Waals surface area contributed by atoms with Crippen LogP contribution in [0.1, 0.15) is 49.8 Å². The first kappa shape index (κ1) is 21.7. The molecule has 6 nitrogen and oxygen atoms in total. The molecule has 0 radical (unpaired) electrons. The normalized spacial score (nSPS) is 19.1. The topological polar surface area (TPSA) is 76.7 Å². The molecule has 0 unspecified atom stereocenters. The van der Waals surface area contributed by atoms with Crippen LogP contribution in [0.15, 0.2) is 48.5 Å². The van der Waals surface area contributed by atoms with E-state index in [-0.39, 0.29) is 23.4 Å². The van der Waals surface area contributed by atoms with E-state index in [0.717, 1.165) is 29.0 Å². The highest BCUT2D eigenvalue weighted by Gasteiger charge is 2.37. The Morgan fingerprint density at radius 3 is 2.20 bits per heavy atom. The highest BCUT2D eigenvalue weighted by molar-refractivity contribution is 5.80. The Labute approximate surface area is 178 Å². The van der Waals surface area contributed by atoms with E-state index in [1.54, 1.807) is 14.2 Å². The van der Waals surface area contributed by atoms with Crippen LogP contribution in [-0.2, 0) is 16.0 Å². The van der Waals surface area contributed by atoms with Crippen molar-refractivity contribution in [3.8, 4) is 11.5 Å². The number of amides is 2. The summed E-state index contributed by atoms with van der Waals surface area (Å²) in [5.74, 6) is 1.62. The lowest BCUT2D eigenvalue weighted by molar-refractivity contribution is -0.123. The van der Waals surface area contributed by atoms with Gasteiger partial charge in [-0.25, -0.2) is 0 Å². The van der Waals surface area contributed by atoms with E-state index < -0.39 is 0 Å². The maximum atomic E-state index is 12.6. The SMILES string of the molecule is COc1ccc(C[C@@]2(CCC(=O)N[C@H](C)c3ccc(OC)cc3)CCC(=O)N2)cc1. The number of rotatable bonds is 9. The quantitative estimate of drug-likeness (QED) is 0.663. The van der Waals surface area contributed by atoms with Crippen molar-refractivity contribution >= 4 is 11.8 Å². The minimum Gasteiger partial charge on any atom is -0.497 e. The standard InChI is InChI=1S/C24H30N2O4/c1-17(19-6-10-21(30-3)11-7-19)25-22(27)12-14-24(15-13-23(28)26-24)16-18-4-8-20(29-2)9-5-18/h4-11,17H,12-16H2,1-3H3,(H,25,27)(H,26,28)/t17-,24-/m1/s1. The van der Waals surface area contributed by atoms with Gasteiger partial charge < -0.3 is 20.1 Å². The molecule has 160 valence electrons. The molecular formula is C24H30N2O4.